The standard InChI is InChI=1S/C12H10F3N3O2S/c13-12(14,15)20-9-3-1-7(2-4-9)17-11-18-8(6-21-11)5-10(16)19/h1-4,6H,5H2,(H2,16,19)(H,17,18). The van der Waals surface area contributed by atoms with Crippen LogP contribution in [-0.2, 0) is 11.2 Å². The topological polar surface area (TPSA) is 77.2 Å². The number of anilines is 2. The highest BCUT2D eigenvalue weighted by Crippen LogP contribution is 2.26. The van der Waals surface area contributed by atoms with Gasteiger partial charge in [-0.25, -0.2) is 4.98 Å². The number of hydrogen-bond donors (Lipinski definition) is 2. The van der Waals surface area contributed by atoms with Crippen LogP contribution in [-0.4, -0.2) is 17.3 Å². The molecule has 2 rings (SSSR count). The van der Waals surface area contributed by atoms with E-state index in [1.807, 2.05) is 0 Å². The van der Waals surface area contributed by atoms with Crippen LogP contribution in [0.1, 0.15) is 5.69 Å². The van der Waals surface area contributed by atoms with Gasteiger partial charge >= 0.3 is 6.36 Å². The molecule has 0 aliphatic rings. The van der Waals surface area contributed by atoms with Crippen LogP contribution in [0.15, 0.2) is 29.6 Å². The first-order chi connectivity index (χ1) is 9.82. The second kappa shape index (κ2) is 6.00. The Morgan fingerprint density at radius 3 is 2.57 bits per heavy atom. The molecule has 0 saturated carbocycles. The van der Waals surface area contributed by atoms with Crippen molar-refractivity contribution in [2.24, 2.45) is 5.73 Å². The summed E-state index contributed by atoms with van der Waals surface area (Å²) in [4.78, 5) is 14.9. The van der Waals surface area contributed by atoms with Crippen molar-refractivity contribution in [3.63, 3.8) is 0 Å². The fourth-order valence-corrected chi connectivity index (χ4v) is 2.22. The molecule has 112 valence electrons. The third-order valence-electron chi connectivity index (χ3n) is 2.25. The number of thiazole rings is 1. The van der Waals surface area contributed by atoms with Crippen molar-refractivity contribution in [2.45, 2.75) is 12.8 Å². The minimum Gasteiger partial charge on any atom is -0.406 e. The summed E-state index contributed by atoms with van der Waals surface area (Å²) in [5.74, 6) is -0.790. The molecule has 0 unspecified atom stereocenters. The highest BCUT2D eigenvalue weighted by Gasteiger charge is 2.30. The molecule has 1 amide bonds. The smallest absolute Gasteiger partial charge is 0.406 e. The second-order valence-electron chi connectivity index (χ2n) is 3.98. The summed E-state index contributed by atoms with van der Waals surface area (Å²) < 4.78 is 39.8. The van der Waals surface area contributed by atoms with Crippen LogP contribution in [0, 0.1) is 0 Å². The maximum absolute atomic E-state index is 12.0. The van der Waals surface area contributed by atoms with Crippen molar-refractivity contribution < 1.29 is 22.7 Å². The summed E-state index contributed by atoms with van der Waals surface area (Å²) in [6.07, 6.45) is -4.68. The highest BCUT2D eigenvalue weighted by molar-refractivity contribution is 7.13. The highest BCUT2D eigenvalue weighted by atomic mass is 32.1. The molecule has 0 aliphatic carbocycles. The lowest BCUT2D eigenvalue weighted by Crippen LogP contribution is -2.16. The molecule has 1 heterocycles. The number of primary amides is 1. The number of ether oxygens (including phenoxy) is 1. The number of amides is 1. The number of halogens is 3. The van der Waals surface area contributed by atoms with Crippen LogP contribution < -0.4 is 15.8 Å². The number of benzene rings is 1. The molecule has 1 aromatic carbocycles. The summed E-state index contributed by atoms with van der Waals surface area (Å²) in [6.45, 7) is 0. The molecule has 0 bridgehead atoms. The van der Waals surface area contributed by atoms with E-state index >= 15 is 0 Å². The Hall–Kier alpha value is -2.29. The van der Waals surface area contributed by atoms with E-state index in [1.165, 1.54) is 35.6 Å². The van der Waals surface area contributed by atoms with Crippen LogP contribution in [0.25, 0.3) is 0 Å². The maximum atomic E-state index is 12.0. The van der Waals surface area contributed by atoms with Crippen molar-refractivity contribution in [1.29, 1.82) is 0 Å². The Morgan fingerprint density at radius 2 is 2.00 bits per heavy atom. The maximum Gasteiger partial charge on any atom is 0.573 e. The van der Waals surface area contributed by atoms with Crippen molar-refractivity contribution in [2.75, 3.05) is 5.32 Å². The first-order valence-corrected chi connectivity index (χ1v) is 6.55. The van der Waals surface area contributed by atoms with E-state index in [2.05, 4.69) is 15.0 Å². The van der Waals surface area contributed by atoms with E-state index in [0.29, 0.717) is 16.5 Å². The predicted molar refractivity (Wildman–Crippen MR) is 71.4 cm³/mol. The van der Waals surface area contributed by atoms with Gasteiger partial charge in [0.2, 0.25) is 5.91 Å². The molecule has 5 nitrogen and oxygen atoms in total. The number of carbonyl (C=O) groups is 1. The molecule has 0 atom stereocenters. The van der Waals surface area contributed by atoms with Gasteiger partial charge in [-0.1, -0.05) is 0 Å². The predicted octanol–water partition coefficient (Wildman–Crippen LogP) is 2.81. The van der Waals surface area contributed by atoms with Crippen molar-refractivity contribution in [3.8, 4) is 5.75 Å². The first kappa shape index (κ1) is 15.1. The molecular formula is C12H10F3N3O2S. The van der Waals surface area contributed by atoms with Crippen LogP contribution >= 0.6 is 11.3 Å². The van der Waals surface area contributed by atoms with Gasteiger partial charge in [0.25, 0.3) is 0 Å². The molecule has 1 aromatic heterocycles. The van der Waals surface area contributed by atoms with E-state index in [0.717, 1.165) is 0 Å². The Balaban J connectivity index is 2.00. The number of alkyl halides is 3. The van der Waals surface area contributed by atoms with Crippen LogP contribution in [0.5, 0.6) is 5.75 Å². The summed E-state index contributed by atoms with van der Waals surface area (Å²) in [6, 6.07) is 5.23. The van der Waals surface area contributed by atoms with Gasteiger partial charge in [-0.3, -0.25) is 4.79 Å². The van der Waals surface area contributed by atoms with Gasteiger partial charge in [0.05, 0.1) is 12.1 Å². The number of nitrogens with zero attached hydrogens (tertiary/aromatic N) is 1. The molecule has 9 heteroatoms. The molecule has 0 aliphatic heterocycles. The summed E-state index contributed by atoms with van der Waals surface area (Å²) >= 11 is 1.26. The largest absolute Gasteiger partial charge is 0.573 e. The van der Waals surface area contributed by atoms with Crippen molar-refractivity contribution in [3.05, 3.63) is 35.3 Å². The Morgan fingerprint density at radius 1 is 1.33 bits per heavy atom. The molecule has 0 fully saturated rings. The number of nitrogens with two attached hydrogens (primary N) is 1. The number of hydrogen-bond acceptors (Lipinski definition) is 5. The summed E-state index contributed by atoms with van der Waals surface area (Å²) in [5.41, 5.74) is 6.13. The van der Waals surface area contributed by atoms with Gasteiger partial charge in [-0.15, -0.1) is 24.5 Å². The van der Waals surface area contributed by atoms with Gasteiger partial charge in [-0.05, 0) is 24.3 Å². The minimum absolute atomic E-state index is 0.0382. The summed E-state index contributed by atoms with van der Waals surface area (Å²) in [7, 11) is 0. The van der Waals surface area contributed by atoms with E-state index < -0.39 is 12.3 Å². The van der Waals surface area contributed by atoms with Crippen LogP contribution in [0.4, 0.5) is 24.0 Å². The number of aromatic nitrogens is 1. The Kier molecular flexibility index (Phi) is 4.32. The zero-order valence-corrected chi connectivity index (χ0v) is 11.3. The molecule has 0 radical (unpaired) electrons. The molecular weight excluding hydrogens is 307 g/mol. The quantitative estimate of drug-likeness (QED) is 0.889. The third kappa shape index (κ3) is 4.95. The first-order valence-electron chi connectivity index (χ1n) is 5.67. The van der Waals surface area contributed by atoms with Gasteiger partial charge in [0.15, 0.2) is 5.13 Å². The van der Waals surface area contributed by atoms with E-state index in [1.54, 1.807) is 5.38 Å². The number of carbonyl (C=O) groups excluding carboxylic acids is 1. The van der Waals surface area contributed by atoms with Crippen LogP contribution in [0.2, 0.25) is 0 Å². The van der Waals surface area contributed by atoms with Gasteiger partial charge in [0, 0.05) is 11.1 Å². The fourth-order valence-electron chi connectivity index (χ4n) is 1.49. The summed E-state index contributed by atoms with van der Waals surface area (Å²) in [5, 5.41) is 5.09. The van der Waals surface area contributed by atoms with Crippen molar-refractivity contribution in [1.82, 2.24) is 4.98 Å². The monoisotopic (exact) mass is 317 g/mol. The zero-order chi connectivity index (χ0) is 15.5. The van der Waals surface area contributed by atoms with E-state index in [-0.39, 0.29) is 12.2 Å². The molecule has 0 spiro atoms. The third-order valence-corrected chi connectivity index (χ3v) is 3.05. The minimum atomic E-state index is -4.71. The molecule has 3 N–H and O–H groups in total. The molecule has 0 saturated heterocycles. The van der Waals surface area contributed by atoms with E-state index in [9.17, 15) is 18.0 Å². The fraction of sp³-hybridized carbons (Fsp3) is 0.167. The second-order valence-corrected chi connectivity index (χ2v) is 4.84. The average molecular weight is 317 g/mol. The zero-order valence-electron chi connectivity index (χ0n) is 10.5. The van der Waals surface area contributed by atoms with Crippen LogP contribution in [0.3, 0.4) is 0 Å². The lowest BCUT2D eigenvalue weighted by atomic mass is 10.3. The number of nitrogens with one attached hydrogen (secondary N) is 1. The Bertz CT molecular complexity index is 625. The van der Waals surface area contributed by atoms with Gasteiger partial charge in [0.1, 0.15) is 5.75 Å². The van der Waals surface area contributed by atoms with Gasteiger partial charge in [-0.2, -0.15) is 0 Å². The lowest BCUT2D eigenvalue weighted by Gasteiger charge is -2.09. The SMILES string of the molecule is NC(=O)Cc1csc(Nc2ccc(OC(F)(F)F)cc2)n1. The molecule has 2 aromatic rings. The molecule has 21 heavy (non-hydrogen) atoms. The lowest BCUT2D eigenvalue weighted by molar-refractivity contribution is -0.274. The van der Waals surface area contributed by atoms with Gasteiger partial charge < -0.3 is 15.8 Å². The van der Waals surface area contributed by atoms with Crippen molar-refractivity contribution >= 4 is 28.1 Å². The average Bonchev–Trinajstić information content (AvgIpc) is 2.76. The normalized spacial score (nSPS) is 11.2. The van der Waals surface area contributed by atoms with E-state index in [4.69, 9.17) is 5.73 Å². The number of rotatable bonds is 5. The Labute approximate surface area is 121 Å².